The number of hydrogen-bond donors (Lipinski definition) is 3. The van der Waals surface area contributed by atoms with E-state index >= 15 is 0 Å². The highest BCUT2D eigenvalue weighted by molar-refractivity contribution is 6.29. The van der Waals surface area contributed by atoms with E-state index in [9.17, 15) is 4.79 Å². The van der Waals surface area contributed by atoms with Crippen molar-refractivity contribution >= 4 is 28.9 Å². The van der Waals surface area contributed by atoms with Gasteiger partial charge in [0.25, 0.3) is 0 Å². The monoisotopic (exact) mass is 267 g/mol. The molecule has 1 rings (SSSR count). The van der Waals surface area contributed by atoms with Gasteiger partial charge in [0.1, 0.15) is 5.88 Å². The van der Waals surface area contributed by atoms with Crippen molar-refractivity contribution in [1.29, 1.82) is 5.41 Å². The SMILES string of the molecule is CNC(C)CC(=N)c1ccc(NC(=O)CCl)cc1. The predicted octanol–water partition coefficient (Wildman–Crippen LogP) is 2.23. The molecule has 3 N–H and O–H groups in total. The van der Waals surface area contributed by atoms with Crippen LogP contribution in [0.3, 0.4) is 0 Å². The number of amides is 1. The third kappa shape index (κ3) is 4.47. The predicted molar refractivity (Wildman–Crippen MR) is 75.8 cm³/mol. The molecule has 4 nitrogen and oxygen atoms in total. The van der Waals surface area contributed by atoms with E-state index in [-0.39, 0.29) is 17.8 Å². The normalized spacial score (nSPS) is 11.9. The number of halogens is 1. The van der Waals surface area contributed by atoms with Crippen LogP contribution >= 0.6 is 11.6 Å². The van der Waals surface area contributed by atoms with E-state index in [2.05, 4.69) is 10.6 Å². The summed E-state index contributed by atoms with van der Waals surface area (Å²) >= 11 is 5.40. The maximum Gasteiger partial charge on any atom is 0.239 e. The molecule has 0 saturated heterocycles. The van der Waals surface area contributed by atoms with Crippen LogP contribution in [-0.2, 0) is 4.79 Å². The van der Waals surface area contributed by atoms with Gasteiger partial charge in [-0.1, -0.05) is 12.1 Å². The van der Waals surface area contributed by atoms with Crippen LogP contribution in [0, 0.1) is 5.41 Å². The number of anilines is 1. The highest BCUT2D eigenvalue weighted by Gasteiger charge is 2.06. The summed E-state index contributed by atoms with van der Waals surface area (Å²) in [6.07, 6.45) is 0.671. The van der Waals surface area contributed by atoms with Crippen molar-refractivity contribution in [3.63, 3.8) is 0 Å². The summed E-state index contributed by atoms with van der Waals surface area (Å²) < 4.78 is 0. The Bertz CT molecular complexity index is 417. The number of nitrogens with one attached hydrogen (secondary N) is 3. The maximum atomic E-state index is 11.1. The molecule has 1 amide bonds. The molecule has 1 aromatic carbocycles. The minimum absolute atomic E-state index is 0.0583. The summed E-state index contributed by atoms with van der Waals surface area (Å²) in [5.74, 6) is -0.291. The van der Waals surface area contributed by atoms with Crippen molar-refractivity contribution in [2.75, 3.05) is 18.2 Å². The van der Waals surface area contributed by atoms with Gasteiger partial charge in [0.15, 0.2) is 0 Å². The highest BCUT2D eigenvalue weighted by Crippen LogP contribution is 2.12. The molecule has 1 atom stereocenters. The van der Waals surface area contributed by atoms with Crippen molar-refractivity contribution in [3.8, 4) is 0 Å². The minimum Gasteiger partial charge on any atom is -0.325 e. The van der Waals surface area contributed by atoms with Crippen LogP contribution in [0.2, 0.25) is 0 Å². The van der Waals surface area contributed by atoms with Crippen LogP contribution in [0.5, 0.6) is 0 Å². The van der Waals surface area contributed by atoms with E-state index < -0.39 is 0 Å². The van der Waals surface area contributed by atoms with E-state index in [0.29, 0.717) is 17.8 Å². The first kappa shape index (κ1) is 14.7. The Balaban J connectivity index is 2.65. The fraction of sp³-hybridized carbons (Fsp3) is 0.385. The van der Waals surface area contributed by atoms with Gasteiger partial charge in [-0.2, -0.15) is 0 Å². The average Bonchev–Trinajstić information content (AvgIpc) is 2.39. The second-order valence-corrected chi connectivity index (χ2v) is 4.40. The quantitative estimate of drug-likeness (QED) is 0.547. The Morgan fingerprint density at radius 3 is 2.50 bits per heavy atom. The molecule has 18 heavy (non-hydrogen) atoms. The molecule has 0 heterocycles. The van der Waals surface area contributed by atoms with Crippen molar-refractivity contribution in [2.24, 2.45) is 0 Å². The molecule has 0 bridgehead atoms. The smallest absolute Gasteiger partial charge is 0.239 e. The Morgan fingerprint density at radius 1 is 1.39 bits per heavy atom. The van der Waals surface area contributed by atoms with Crippen molar-refractivity contribution in [1.82, 2.24) is 5.32 Å². The molecule has 0 aliphatic carbocycles. The molecule has 0 aromatic heterocycles. The van der Waals surface area contributed by atoms with Gasteiger partial charge in [0.2, 0.25) is 5.91 Å². The lowest BCUT2D eigenvalue weighted by molar-refractivity contribution is -0.113. The Hall–Kier alpha value is -1.39. The van der Waals surface area contributed by atoms with Gasteiger partial charge < -0.3 is 16.0 Å². The highest BCUT2D eigenvalue weighted by atomic mass is 35.5. The average molecular weight is 268 g/mol. The molecule has 0 spiro atoms. The Kier molecular flexibility index (Phi) is 5.82. The summed E-state index contributed by atoms with van der Waals surface area (Å²) in [6, 6.07) is 7.48. The third-order valence-electron chi connectivity index (χ3n) is 2.64. The van der Waals surface area contributed by atoms with Crippen LogP contribution in [0.1, 0.15) is 18.9 Å². The van der Waals surface area contributed by atoms with E-state index in [1.165, 1.54) is 0 Å². The van der Waals surface area contributed by atoms with E-state index in [0.717, 1.165) is 5.56 Å². The number of carbonyl (C=O) groups is 1. The van der Waals surface area contributed by atoms with Gasteiger partial charge in [-0.15, -0.1) is 11.6 Å². The fourth-order valence-electron chi connectivity index (χ4n) is 1.48. The molecule has 0 radical (unpaired) electrons. The van der Waals surface area contributed by atoms with E-state index in [1.54, 1.807) is 12.1 Å². The van der Waals surface area contributed by atoms with Gasteiger partial charge in [0, 0.05) is 23.9 Å². The summed E-state index contributed by atoms with van der Waals surface area (Å²) in [5, 5.41) is 13.7. The molecule has 98 valence electrons. The zero-order valence-corrected chi connectivity index (χ0v) is 11.3. The van der Waals surface area contributed by atoms with Crippen LogP contribution < -0.4 is 10.6 Å². The second-order valence-electron chi connectivity index (χ2n) is 4.13. The molecule has 1 aromatic rings. The number of rotatable bonds is 6. The Labute approximate surface area is 112 Å². The second kappa shape index (κ2) is 7.13. The lowest BCUT2D eigenvalue weighted by atomic mass is 10.0. The first-order chi connectivity index (χ1) is 8.56. The molecule has 5 heteroatoms. The van der Waals surface area contributed by atoms with Crippen LogP contribution in [0.15, 0.2) is 24.3 Å². The summed E-state index contributed by atoms with van der Waals surface area (Å²) in [4.78, 5) is 11.1. The number of carbonyl (C=O) groups excluding carboxylic acids is 1. The van der Waals surface area contributed by atoms with Gasteiger partial charge in [-0.25, -0.2) is 0 Å². The molecular weight excluding hydrogens is 250 g/mol. The van der Waals surface area contributed by atoms with Crippen LogP contribution in [0.25, 0.3) is 0 Å². The largest absolute Gasteiger partial charge is 0.325 e. The molecular formula is C13H18ClN3O. The molecule has 1 unspecified atom stereocenters. The summed E-state index contributed by atoms with van der Waals surface area (Å²) in [7, 11) is 1.88. The molecule has 0 fully saturated rings. The minimum atomic E-state index is -0.233. The topological polar surface area (TPSA) is 65.0 Å². The lowest BCUT2D eigenvalue weighted by Gasteiger charge is -2.11. The Morgan fingerprint density at radius 2 is 2.00 bits per heavy atom. The van der Waals surface area contributed by atoms with Gasteiger partial charge >= 0.3 is 0 Å². The maximum absolute atomic E-state index is 11.1. The number of hydrogen-bond acceptors (Lipinski definition) is 3. The van der Waals surface area contributed by atoms with Gasteiger partial charge in [-0.05, 0) is 31.7 Å². The molecule has 0 aliphatic rings. The van der Waals surface area contributed by atoms with Crippen molar-refractivity contribution in [2.45, 2.75) is 19.4 Å². The van der Waals surface area contributed by atoms with Crippen LogP contribution in [-0.4, -0.2) is 30.6 Å². The van der Waals surface area contributed by atoms with Crippen molar-refractivity contribution < 1.29 is 4.79 Å². The standard InChI is InChI=1S/C13H18ClN3O/c1-9(16-2)7-12(15)10-3-5-11(6-4-10)17-13(18)8-14/h3-6,9,15-16H,7-8H2,1-2H3,(H,17,18). The summed E-state index contributed by atoms with van der Waals surface area (Å²) in [5.41, 5.74) is 2.13. The van der Waals surface area contributed by atoms with Crippen molar-refractivity contribution in [3.05, 3.63) is 29.8 Å². The molecule has 0 saturated carbocycles. The number of benzene rings is 1. The van der Waals surface area contributed by atoms with Crippen LogP contribution in [0.4, 0.5) is 5.69 Å². The zero-order chi connectivity index (χ0) is 13.5. The van der Waals surface area contributed by atoms with E-state index in [1.807, 2.05) is 26.1 Å². The first-order valence-electron chi connectivity index (χ1n) is 5.77. The first-order valence-corrected chi connectivity index (χ1v) is 6.31. The molecule has 0 aliphatic heterocycles. The third-order valence-corrected chi connectivity index (χ3v) is 2.88. The van der Waals surface area contributed by atoms with Gasteiger partial charge in [0.05, 0.1) is 0 Å². The lowest BCUT2D eigenvalue weighted by Crippen LogP contribution is -2.24. The van der Waals surface area contributed by atoms with Gasteiger partial charge in [-0.3, -0.25) is 4.79 Å². The number of alkyl halides is 1. The summed E-state index contributed by atoms with van der Waals surface area (Å²) in [6.45, 7) is 2.03. The zero-order valence-electron chi connectivity index (χ0n) is 10.6. The van der Waals surface area contributed by atoms with E-state index in [4.69, 9.17) is 17.0 Å². The fourth-order valence-corrected chi connectivity index (χ4v) is 1.54.